The van der Waals surface area contributed by atoms with Crippen molar-refractivity contribution in [2.24, 2.45) is 4.99 Å². The highest BCUT2D eigenvalue weighted by Crippen LogP contribution is 2.33. The lowest BCUT2D eigenvalue weighted by Gasteiger charge is -2.12. The maximum absolute atomic E-state index is 13.7. The number of hydrogen-bond acceptors (Lipinski definition) is 1. The van der Waals surface area contributed by atoms with Crippen molar-refractivity contribution in [3.8, 4) is 0 Å². The van der Waals surface area contributed by atoms with Crippen molar-refractivity contribution in [3.63, 3.8) is 0 Å². The number of rotatable bonds is 5. The number of alkyl halides is 3. The lowest BCUT2D eigenvalue weighted by Crippen LogP contribution is -2.14. The third-order valence-corrected chi connectivity index (χ3v) is 4.33. The molecule has 0 aromatic heterocycles. The van der Waals surface area contributed by atoms with Crippen LogP contribution in [0.25, 0.3) is 0 Å². The van der Waals surface area contributed by atoms with E-state index in [0.717, 1.165) is 29.8 Å². The topological polar surface area (TPSA) is 15.6 Å². The van der Waals surface area contributed by atoms with Crippen molar-refractivity contribution in [2.45, 2.75) is 26.4 Å². The van der Waals surface area contributed by atoms with Crippen LogP contribution in [0, 0.1) is 12.7 Å². The summed E-state index contributed by atoms with van der Waals surface area (Å²) in [6, 6.07) is 6.48. The Bertz CT molecular complexity index is 816. The Balaban J connectivity index is 2.27. The molecule has 0 bridgehead atoms. The Morgan fingerprint density at radius 1 is 1.19 bits per heavy atom. The molecule has 2 aromatic rings. The molecule has 0 saturated heterocycles. The lowest BCUT2D eigenvalue weighted by atomic mass is 9.99. The van der Waals surface area contributed by atoms with Gasteiger partial charge < -0.3 is 4.90 Å². The number of nitrogens with zero attached hydrogens (tertiary/aromatic N) is 2. The minimum atomic E-state index is -4.70. The molecule has 2 nitrogen and oxygen atoms in total. The second-order valence-electron chi connectivity index (χ2n) is 6.04. The van der Waals surface area contributed by atoms with Gasteiger partial charge in [-0.05, 0) is 61.2 Å². The van der Waals surface area contributed by atoms with Crippen molar-refractivity contribution < 1.29 is 17.6 Å². The maximum atomic E-state index is 13.7. The Morgan fingerprint density at radius 2 is 1.88 bits per heavy atom. The molecule has 0 heterocycles. The van der Waals surface area contributed by atoms with Crippen LogP contribution in [0.15, 0.2) is 35.3 Å². The molecule has 0 atom stereocenters. The Hall–Kier alpha value is -2.08. The Kier molecular flexibility index (Phi) is 6.29. The quantitative estimate of drug-likeness (QED) is 0.349. The van der Waals surface area contributed by atoms with Gasteiger partial charge in [-0.25, -0.2) is 9.38 Å². The van der Waals surface area contributed by atoms with Crippen molar-refractivity contribution in [3.05, 3.63) is 63.4 Å². The molecular weight excluding hydrogens is 368 g/mol. The van der Waals surface area contributed by atoms with Crippen molar-refractivity contribution in [1.82, 2.24) is 4.90 Å². The summed E-state index contributed by atoms with van der Waals surface area (Å²) in [4.78, 5) is 6.22. The molecule has 0 aliphatic carbocycles. The first kappa shape index (κ1) is 20.2. The van der Waals surface area contributed by atoms with Gasteiger partial charge in [0.05, 0.1) is 22.6 Å². The van der Waals surface area contributed by atoms with Crippen LogP contribution in [0.2, 0.25) is 5.02 Å². The molecule has 0 aliphatic rings. The molecule has 2 aromatic carbocycles. The average molecular weight is 387 g/mol. The van der Waals surface area contributed by atoms with Crippen LogP contribution >= 0.6 is 11.6 Å². The Labute approximate surface area is 155 Å². The van der Waals surface area contributed by atoms with E-state index in [1.165, 1.54) is 6.07 Å². The van der Waals surface area contributed by atoms with Gasteiger partial charge in [0.25, 0.3) is 0 Å². The molecule has 0 unspecified atom stereocenters. The molecule has 0 fully saturated rings. The number of aliphatic imine (C=N–C) groups is 1. The van der Waals surface area contributed by atoms with E-state index in [2.05, 4.69) is 4.99 Å². The van der Waals surface area contributed by atoms with Crippen LogP contribution in [0.5, 0.6) is 0 Å². The summed E-state index contributed by atoms with van der Waals surface area (Å²) < 4.78 is 51.7. The summed E-state index contributed by atoms with van der Waals surface area (Å²) in [5.41, 5.74) is 1.46. The van der Waals surface area contributed by atoms with Crippen LogP contribution in [0.3, 0.4) is 0 Å². The molecule has 2 rings (SSSR count). The zero-order chi connectivity index (χ0) is 19.5. The van der Waals surface area contributed by atoms with Gasteiger partial charge in [0.2, 0.25) is 0 Å². The fraction of sp³-hybridized carbons (Fsp3) is 0.316. The van der Waals surface area contributed by atoms with Crippen LogP contribution in [-0.2, 0) is 12.6 Å². The van der Waals surface area contributed by atoms with E-state index in [9.17, 15) is 17.6 Å². The summed E-state index contributed by atoms with van der Waals surface area (Å²) in [5, 5.41) is 0.429. The normalized spacial score (nSPS) is 12.0. The first-order valence-corrected chi connectivity index (χ1v) is 8.38. The molecule has 140 valence electrons. The van der Waals surface area contributed by atoms with Crippen LogP contribution in [0.4, 0.5) is 23.2 Å². The number of aryl methyl sites for hydroxylation is 1. The van der Waals surface area contributed by atoms with E-state index in [-0.39, 0.29) is 6.42 Å². The SMILES string of the molecule is CCN(C)C=Nc1cc(C)c(Cc2ccc(C(F)(F)F)c(F)c2)cc1Cl. The van der Waals surface area contributed by atoms with E-state index < -0.39 is 17.6 Å². The summed E-state index contributed by atoms with van der Waals surface area (Å²) in [5.74, 6) is -1.28. The first-order chi connectivity index (χ1) is 12.1. The number of halogens is 5. The van der Waals surface area contributed by atoms with Gasteiger partial charge in [-0.15, -0.1) is 0 Å². The van der Waals surface area contributed by atoms with Gasteiger partial charge in [-0.1, -0.05) is 17.7 Å². The van der Waals surface area contributed by atoms with E-state index in [1.807, 2.05) is 25.8 Å². The summed E-state index contributed by atoms with van der Waals surface area (Å²) in [6.07, 6.45) is -2.75. The summed E-state index contributed by atoms with van der Waals surface area (Å²) in [7, 11) is 1.89. The van der Waals surface area contributed by atoms with Crippen LogP contribution in [0.1, 0.15) is 29.2 Å². The highest BCUT2D eigenvalue weighted by molar-refractivity contribution is 6.33. The van der Waals surface area contributed by atoms with Gasteiger partial charge in [0.15, 0.2) is 0 Å². The molecule has 0 spiro atoms. The number of benzene rings is 2. The van der Waals surface area contributed by atoms with E-state index >= 15 is 0 Å². The Morgan fingerprint density at radius 3 is 2.46 bits per heavy atom. The number of hydrogen-bond donors (Lipinski definition) is 0. The van der Waals surface area contributed by atoms with Crippen molar-refractivity contribution >= 4 is 23.6 Å². The van der Waals surface area contributed by atoms with E-state index in [0.29, 0.717) is 16.3 Å². The molecule has 0 radical (unpaired) electrons. The average Bonchev–Trinajstić information content (AvgIpc) is 2.55. The van der Waals surface area contributed by atoms with E-state index in [1.54, 1.807) is 18.5 Å². The molecule has 26 heavy (non-hydrogen) atoms. The first-order valence-electron chi connectivity index (χ1n) is 8.01. The molecule has 7 heteroatoms. The van der Waals surface area contributed by atoms with Crippen molar-refractivity contribution in [2.75, 3.05) is 13.6 Å². The minimum Gasteiger partial charge on any atom is -0.366 e. The van der Waals surface area contributed by atoms with Gasteiger partial charge in [-0.2, -0.15) is 13.2 Å². The van der Waals surface area contributed by atoms with Gasteiger partial charge in [0.1, 0.15) is 5.82 Å². The third kappa shape index (κ3) is 4.97. The third-order valence-electron chi connectivity index (χ3n) is 4.03. The molecule has 0 N–H and O–H groups in total. The fourth-order valence-corrected chi connectivity index (χ4v) is 2.59. The summed E-state index contributed by atoms with van der Waals surface area (Å²) in [6.45, 7) is 4.65. The second-order valence-corrected chi connectivity index (χ2v) is 6.44. The van der Waals surface area contributed by atoms with Crippen molar-refractivity contribution in [1.29, 1.82) is 0 Å². The standard InChI is InChI=1S/C19H19ClF4N2/c1-4-26(3)11-25-18-7-12(2)14(10-16(18)20)8-13-5-6-15(17(21)9-13)19(22,23)24/h5-7,9-11H,4,8H2,1-3H3. The predicted octanol–water partition coefficient (Wildman–Crippen LogP) is 6.01. The highest BCUT2D eigenvalue weighted by Gasteiger charge is 2.33. The monoisotopic (exact) mass is 386 g/mol. The fourth-order valence-electron chi connectivity index (χ4n) is 2.36. The maximum Gasteiger partial charge on any atom is 0.419 e. The highest BCUT2D eigenvalue weighted by atomic mass is 35.5. The predicted molar refractivity (Wildman–Crippen MR) is 96.9 cm³/mol. The van der Waals surface area contributed by atoms with E-state index in [4.69, 9.17) is 11.6 Å². The summed E-state index contributed by atoms with van der Waals surface area (Å²) >= 11 is 6.26. The minimum absolute atomic E-state index is 0.277. The zero-order valence-corrected chi connectivity index (χ0v) is 15.4. The van der Waals surface area contributed by atoms with Crippen LogP contribution < -0.4 is 0 Å². The molecule has 0 amide bonds. The lowest BCUT2D eigenvalue weighted by molar-refractivity contribution is -0.140. The van der Waals surface area contributed by atoms with Crippen LogP contribution in [-0.4, -0.2) is 24.8 Å². The second kappa shape index (κ2) is 8.08. The van der Waals surface area contributed by atoms with Gasteiger partial charge >= 0.3 is 6.18 Å². The molecular formula is C19H19ClF4N2. The smallest absolute Gasteiger partial charge is 0.366 e. The van der Waals surface area contributed by atoms with Gasteiger partial charge in [-0.3, -0.25) is 0 Å². The molecule has 0 saturated carbocycles. The molecule has 0 aliphatic heterocycles. The zero-order valence-electron chi connectivity index (χ0n) is 14.7. The van der Waals surface area contributed by atoms with Gasteiger partial charge in [0, 0.05) is 13.6 Å². The largest absolute Gasteiger partial charge is 0.419 e.